The molecule has 1 atom stereocenters. The van der Waals surface area contributed by atoms with Crippen LogP contribution in [0.5, 0.6) is 17.2 Å². The highest BCUT2D eigenvalue weighted by Gasteiger charge is 2.24. The Morgan fingerprint density at radius 3 is 2.52 bits per heavy atom. The molecule has 1 aromatic heterocycles. The summed E-state index contributed by atoms with van der Waals surface area (Å²) in [5.41, 5.74) is 1.38. The van der Waals surface area contributed by atoms with Crippen LogP contribution in [0.25, 0.3) is 11.3 Å². The van der Waals surface area contributed by atoms with Gasteiger partial charge < -0.3 is 28.4 Å². The van der Waals surface area contributed by atoms with E-state index in [0.29, 0.717) is 60.5 Å². The number of ether oxygens (including phenoxy) is 4. The first-order chi connectivity index (χ1) is 15.1. The molecule has 0 aliphatic carbocycles. The van der Waals surface area contributed by atoms with Gasteiger partial charge in [-0.15, -0.1) is 11.6 Å². The lowest BCUT2D eigenvalue weighted by atomic mass is 10.1. The predicted molar refractivity (Wildman–Crippen MR) is 116 cm³/mol. The van der Waals surface area contributed by atoms with Gasteiger partial charge in [-0.3, -0.25) is 4.79 Å². The van der Waals surface area contributed by atoms with Gasteiger partial charge in [0, 0.05) is 37.1 Å². The topological polar surface area (TPSA) is 83.3 Å². The van der Waals surface area contributed by atoms with Crippen LogP contribution in [0.3, 0.4) is 0 Å². The number of carbonyl (C=O) groups excluding carboxylic acids is 1. The Morgan fingerprint density at radius 2 is 1.94 bits per heavy atom. The van der Waals surface area contributed by atoms with Crippen molar-refractivity contribution in [2.45, 2.75) is 38.3 Å². The number of aromatic nitrogens is 1. The Labute approximate surface area is 187 Å². The van der Waals surface area contributed by atoms with Crippen LogP contribution in [0.2, 0.25) is 0 Å². The second-order valence-electron chi connectivity index (χ2n) is 7.30. The molecular weight excluding hydrogens is 424 g/mol. The summed E-state index contributed by atoms with van der Waals surface area (Å²) in [7, 11) is 4.67. The van der Waals surface area contributed by atoms with Crippen molar-refractivity contribution in [2.75, 3.05) is 40.4 Å². The first kappa shape index (κ1) is 23.2. The quantitative estimate of drug-likeness (QED) is 0.478. The molecule has 0 saturated carbocycles. The van der Waals surface area contributed by atoms with E-state index in [1.807, 2.05) is 6.07 Å². The fraction of sp³-hybridized carbons (Fsp3) is 0.545. The second-order valence-corrected chi connectivity index (χ2v) is 7.68. The molecule has 0 unspecified atom stereocenters. The van der Waals surface area contributed by atoms with Gasteiger partial charge >= 0.3 is 0 Å². The molecule has 1 saturated heterocycles. The van der Waals surface area contributed by atoms with Gasteiger partial charge in [-0.25, -0.2) is 0 Å². The van der Waals surface area contributed by atoms with Gasteiger partial charge in [0.1, 0.15) is 5.69 Å². The standard InChI is InChI=1S/C22H29ClN2O6/c1-27-19-10-15(11-20(28-2)22(19)29-3)18-12-16(24-31-18)13-25(21(26)7-4-8-23)14-17-6-5-9-30-17/h10-12,17H,4-9,13-14H2,1-3H3/t17-/m1/s1. The predicted octanol–water partition coefficient (Wildman–Crippen LogP) is 3.89. The van der Waals surface area contributed by atoms with Crippen molar-refractivity contribution in [3.05, 3.63) is 23.9 Å². The monoisotopic (exact) mass is 452 g/mol. The normalized spacial score (nSPS) is 15.7. The lowest BCUT2D eigenvalue weighted by molar-refractivity contribution is -0.133. The Hall–Kier alpha value is -2.45. The van der Waals surface area contributed by atoms with Gasteiger partial charge in [-0.1, -0.05) is 5.16 Å². The Balaban J connectivity index is 1.79. The van der Waals surface area contributed by atoms with E-state index < -0.39 is 0 Å². The third-order valence-corrected chi connectivity index (χ3v) is 5.45. The first-order valence-electron chi connectivity index (χ1n) is 10.3. The van der Waals surface area contributed by atoms with Crippen LogP contribution in [-0.4, -0.2) is 62.4 Å². The van der Waals surface area contributed by atoms with Crippen LogP contribution in [0, 0.1) is 0 Å². The van der Waals surface area contributed by atoms with Crippen molar-refractivity contribution in [2.24, 2.45) is 0 Å². The Bertz CT molecular complexity index is 840. The van der Waals surface area contributed by atoms with Crippen molar-refractivity contribution in [1.29, 1.82) is 0 Å². The summed E-state index contributed by atoms with van der Waals surface area (Å²) in [6.07, 6.45) is 3.06. The Morgan fingerprint density at radius 1 is 1.19 bits per heavy atom. The lowest BCUT2D eigenvalue weighted by Crippen LogP contribution is -2.37. The number of halogens is 1. The third kappa shape index (κ3) is 5.83. The van der Waals surface area contributed by atoms with Crippen molar-refractivity contribution < 1.29 is 28.3 Å². The maximum Gasteiger partial charge on any atom is 0.223 e. The summed E-state index contributed by atoms with van der Waals surface area (Å²) >= 11 is 5.77. The average Bonchev–Trinajstić information content (AvgIpc) is 3.48. The molecule has 2 heterocycles. The van der Waals surface area contributed by atoms with Gasteiger partial charge in [0.15, 0.2) is 17.3 Å². The molecule has 0 radical (unpaired) electrons. The minimum atomic E-state index is 0.0356. The molecule has 31 heavy (non-hydrogen) atoms. The zero-order chi connectivity index (χ0) is 22.2. The van der Waals surface area contributed by atoms with Crippen LogP contribution >= 0.6 is 11.6 Å². The number of alkyl halides is 1. The summed E-state index contributed by atoms with van der Waals surface area (Å²) < 4.78 is 27.5. The molecule has 9 heteroatoms. The van der Waals surface area contributed by atoms with E-state index in [0.717, 1.165) is 25.0 Å². The molecule has 8 nitrogen and oxygen atoms in total. The van der Waals surface area contributed by atoms with Gasteiger partial charge in [0.05, 0.1) is 34.0 Å². The molecule has 0 bridgehead atoms. The van der Waals surface area contributed by atoms with Crippen LogP contribution in [0.4, 0.5) is 0 Å². The van der Waals surface area contributed by atoms with Crippen LogP contribution in [-0.2, 0) is 16.1 Å². The molecule has 1 aliphatic rings. The van der Waals surface area contributed by atoms with Crippen LogP contribution in [0.1, 0.15) is 31.4 Å². The summed E-state index contributed by atoms with van der Waals surface area (Å²) in [5.74, 6) is 2.57. The van der Waals surface area contributed by atoms with Crippen molar-refractivity contribution in [3.8, 4) is 28.6 Å². The van der Waals surface area contributed by atoms with E-state index in [4.69, 9.17) is 35.1 Å². The number of methoxy groups -OCH3 is 3. The van der Waals surface area contributed by atoms with Gasteiger partial charge in [0.2, 0.25) is 11.7 Å². The van der Waals surface area contributed by atoms with E-state index in [2.05, 4.69) is 5.16 Å². The zero-order valence-corrected chi connectivity index (χ0v) is 18.9. The van der Waals surface area contributed by atoms with Crippen molar-refractivity contribution in [1.82, 2.24) is 10.1 Å². The highest BCUT2D eigenvalue weighted by Crippen LogP contribution is 2.41. The second kappa shape index (κ2) is 11.2. The van der Waals surface area contributed by atoms with Crippen LogP contribution in [0.15, 0.2) is 22.7 Å². The van der Waals surface area contributed by atoms with Gasteiger partial charge in [0.25, 0.3) is 0 Å². The van der Waals surface area contributed by atoms with Gasteiger partial charge in [-0.05, 0) is 31.4 Å². The number of benzene rings is 1. The molecular formula is C22H29ClN2O6. The number of amides is 1. The molecule has 0 spiro atoms. The maximum absolute atomic E-state index is 12.7. The highest BCUT2D eigenvalue weighted by atomic mass is 35.5. The van der Waals surface area contributed by atoms with Gasteiger partial charge in [-0.2, -0.15) is 0 Å². The fourth-order valence-electron chi connectivity index (χ4n) is 3.61. The van der Waals surface area contributed by atoms with E-state index in [9.17, 15) is 4.79 Å². The molecule has 1 aliphatic heterocycles. The van der Waals surface area contributed by atoms with Crippen LogP contribution < -0.4 is 14.2 Å². The first-order valence-corrected chi connectivity index (χ1v) is 10.8. The molecule has 1 aromatic carbocycles. The molecule has 2 aromatic rings. The van der Waals surface area contributed by atoms with E-state index in [1.54, 1.807) is 38.4 Å². The summed E-state index contributed by atoms with van der Waals surface area (Å²) in [6.45, 7) is 1.62. The van der Waals surface area contributed by atoms with Crippen molar-refractivity contribution in [3.63, 3.8) is 0 Å². The Kier molecular flexibility index (Phi) is 8.43. The molecule has 170 valence electrons. The molecule has 0 N–H and O–H groups in total. The zero-order valence-electron chi connectivity index (χ0n) is 18.2. The third-order valence-electron chi connectivity index (χ3n) is 5.19. The molecule has 1 fully saturated rings. The summed E-state index contributed by atoms with van der Waals surface area (Å²) in [5, 5.41) is 4.17. The van der Waals surface area contributed by atoms with E-state index >= 15 is 0 Å². The van der Waals surface area contributed by atoms with Crippen molar-refractivity contribution >= 4 is 17.5 Å². The smallest absolute Gasteiger partial charge is 0.223 e. The SMILES string of the molecule is COc1cc(-c2cc(CN(C[C@H]3CCCO3)C(=O)CCCCl)no2)cc(OC)c1OC. The largest absolute Gasteiger partial charge is 0.493 e. The maximum atomic E-state index is 12.7. The summed E-state index contributed by atoms with van der Waals surface area (Å²) in [6, 6.07) is 5.40. The van der Waals surface area contributed by atoms with E-state index in [1.165, 1.54) is 0 Å². The highest BCUT2D eigenvalue weighted by molar-refractivity contribution is 6.17. The number of rotatable bonds is 11. The number of nitrogens with zero attached hydrogens (tertiary/aromatic N) is 2. The minimum Gasteiger partial charge on any atom is -0.493 e. The number of hydrogen-bond acceptors (Lipinski definition) is 7. The molecule has 1 amide bonds. The lowest BCUT2D eigenvalue weighted by Gasteiger charge is -2.24. The summed E-state index contributed by atoms with van der Waals surface area (Å²) in [4.78, 5) is 14.5. The van der Waals surface area contributed by atoms with E-state index in [-0.39, 0.29) is 12.0 Å². The molecule has 3 rings (SSSR count). The fourth-order valence-corrected chi connectivity index (χ4v) is 3.74. The number of hydrogen-bond donors (Lipinski definition) is 0. The average molecular weight is 453 g/mol. The number of carbonyl (C=O) groups is 1. The minimum absolute atomic E-state index is 0.0356.